The van der Waals surface area contributed by atoms with Gasteiger partial charge in [0.15, 0.2) is 5.82 Å². The Morgan fingerprint density at radius 2 is 1.95 bits per heavy atom. The SMILES string of the molecule is CC(C)n1nc(-c2ccc(CC(=O)Nc3cc(C4CC(C)(C)C4)no3)cc2Cl)c(C#N)c1NC(=O)OC(C)(C)C. The van der Waals surface area contributed by atoms with Crippen molar-refractivity contribution in [2.45, 2.75) is 85.3 Å². The maximum atomic E-state index is 12.7. The van der Waals surface area contributed by atoms with Gasteiger partial charge in [0.2, 0.25) is 11.8 Å². The summed E-state index contributed by atoms with van der Waals surface area (Å²) in [5, 5.41) is 24.4. The van der Waals surface area contributed by atoms with E-state index in [1.165, 1.54) is 0 Å². The molecular formula is C29H35ClN6O4. The largest absolute Gasteiger partial charge is 0.444 e. The summed E-state index contributed by atoms with van der Waals surface area (Å²) in [7, 11) is 0. The van der Waals surface area contributed by atoms with Gasteiger partial charge in [-0.1, -0.05) is 42.7 Å². The summed E-state index contributed by atoms with van der Waals surface area (Å²) in [6.07, 6.45) is 1.45. The Bertz CT molecular complexity index is 1470. The van der Waals surface area contributed by atoms with Crippen LogP contribution >= 0.6 is 11.6 Å². The zero-order valence-corrected chi connectivity index (χ0v) is 24.6. The van der Waals surface area contributed by atoms with Crippen LogP contribution in [0.15, 0.2) is 28.8 Å². The lowest BCUT2D eigenvalue weighted by Crippen LogP contribution is -2.29. The van der Waals surface area contributed by atoms with E-state index in [0.717, 1.165) is 18.5 Å². The number of nitrogens with one attached hydrogen (secondary N) is 2. The lowest BCUT2D eigenvalue weighted by Gasteiger charge is -2.41. The second kappa shape index (κ2) is 11.0. The molecule has 2 amide bonds. The van der Waals surface area contributed by atoms with E-state index in [2.05, 4.69) is 40.8 Å². The standard InChI is InChI=1S/C29H35ClN6O4/c1-16(2)36-26(33-27(38)39-28(3,4)5)20(15-31)25(34-36)19-9-8-17(10-21(19)30)11-23(37)32-24-12-22(35-40-24)18-13-29(6,7)14-18/h8-10,12,16,18H,11,13-14H2,1-7H3,(H,32,37)(H,33,38). The first-order valence-corrected chi connectivity index (χ1v) is 13.6. The van der Waals surface area contributed by atoms with E-state index in [1.807, 2.05) is 13.8 Å². The molecule has 0 aliphatic heterocycles. The number of nitriles is 1. The topological polar surface area (TPSA) is 135 Å². The van der Waals surface area contributed by atoms with E-state index in [-0.39, 0.29) is 29.8 Å². The molecule has 1 aliphatic carbocycles. The van der Waals surface area contributed by atoms with Crippen LogP contribution in [0.3, 0.4) is 0 Å². The van der Waals surface area contributed by atoms with Crippen molar-refractivity contribution in [1.82, 2.24) is 14.9 Å². The van der Waals surface area contributed by atoms with Crippen LogP contribution in [0.5, 0.6) is 0 Å². The number of carbonyl (C=O) groups excluding carboxylic acids is 2. The van der Waals surface area contributed by atoms with Crippen molar-refractivity contribution in [2.75, 3.05) is 10.6 Å². The summed E-state index contributed by atoms with van der Waals surface area (Å²) in [6.45, 7) is 13.5. The van der Waals surface area contributed by atoms with Gasteiger partial charge >= 0.3 is 6.09 Å². The maximum Gasteiger partial charge on any atom is 0.413 e. The number of halogens is 1. The monoisotopic (exact) mass is 566 g/mol. The predicted octanol–water partition coefficient (Wildman–Crippen LogP) is 7.08. The summed E-state index contributed by atoms with van der Waals surface area (Å²) in [5.74, 6) is 0.618. The number of aromatic nitrogens is 3. The molecule has 40 heavy (non-hydrogen) atoms. The minimum Gasteiger partial charge on any atom is -0.444 e. The van der Waals surface area contributed by atoms with Gasteiger partial charge in [-0.25, -0.2) is 9.48 Å². The molecule has 1 fully saturated rings. The Labute approximate surface area is 239 Å². The van der Waals surface area contributed by atoms with Gasteiger partial charge in [0.1, 0.15) is 22.9 Å². The van der Waals surface area contributed by atoms with Crippen molar-refractivity contribution in [2.24, 2.45) is 5.41 Å². The van der Waals surface area contributed by atoms with E-state index in [0.29, 0.717) is 39.1 Å². The Kier molecular flexibility index (Phi) is 7.99. The Hall–Kier alpha value is -3.84. The maximum absolute atomic E-state index is 12.7. The van der Waals surface area contributed by atoms with Gasteiger partial charge in [-0.05, 0) is 64.5 Å². The molecule has 0 bridgehead atoms. The first-order valence-electron chi connectivity index (χ1n) is 13.2. The fourth-order valence-corrected chi connectivity index (χ4v) is 5.17. The van der Waals surface area contributed by atoms with Crippen LogP contribution in [-0.2, 0) is 16.0 Å². The molecule has 2 N–H and O–H groups in total. The van der Waals surface area contributed by atoms with E-state index >= 15 is 0 Å². The van der Waals surface area contributed by atoms with E-state index in [4.69, 9.17) is 20.9 Å². The molecule has 4 rings (SSSR count). The molecular weight excluding hydrogens is 532 g/mol. The second-order valence-electron chi connectivity index (χ2n) is 12.3. The fourth-order valence-electron chi connectivity index (χ4n) is 4.87. The molecule has 212 valence electrons. The van der Waals surface area contributed by atoms with Crippen molar-refractivity contribution in [3.05, 3.63) is 46.1 Å². The summed E-state index contributed by atoms with van der Waals surface area (Å²) < 4.78 is 12.2. The van der Waals surface area contributed by atoms with Gasteiger partial charge in [0.25, 0.3) is 0 Å². The van der Waals surface area contributed by atoms with Gasteiger partial charge in [-0.3, -0.25) is 15.4 Å². The van der Waals surface area contributed by atoms with Crippen LogP contribution < -0.4 is 10.6 Å². The van der Waals surface area contributed by atoms with Gasteiger partial charge < -0.3 is 9.26 Å². The van der Waals surface area contributed by atoms with Crippen LogP contribution in [0.25, 0.3) is 11.3 Å². The van der Waals surface area contributed by atoms with E-state index in [9.17, 15) is 14.9 Å². The predicted molar refractivity (Wildman–Crippen MR) is 152 cm³/mol. The quantitative estimate of drug-likeness (QED) is 0.312. The number of nitrogens with zero attached hydrogens (tertiary/aromatic N) is 4. The average molecular weight is 567 g/mol. The van der Waals surface area contributed by atoms with Crippen LogP contribution in [0.1, 0.15) is 90.1 Å². The first kappa shape index (κ1) is 29.2. The summed E-state index contributed by atoms with van der Waals surface area (Å²) in [4.78, 5) is 25.2. The molecule has 1 saturated carbocycles. The van der Waals surface area contributed by atoms with Crippen molar-refractivity contribution >= 4 is 35.3 Å². The lowest BCUT2D eigenvalue weighted by atomic mass is 9.63. The number of ether oxygens (including phenoxy) is 1. The Morgan fingerprint density at radius 1 is 1.25 bits per heavy atom. The van der Waals surface area contributed by atoms with Crippen molar-refractivity contribution < 1.29 is 18.8 Å². The zero-order valence-electron chi connectivity index (χ0n) is 23.9. The third-order valence-electron chi connectivity index (χ3n) is 6.59. The highest BCUT2D eigenvalue weighted by Gasteiger charge is 2.38. The van der Waals surface area contributed by atoms with Crippen LogP contribution in [-0.4, -0.2) is 32.5 Å². The number of hydrogen-bond donors (Lipinski definition) is 2. The highest BCUT2D eigenvalue weighted by atomic mass is 35.5. The van der Waals surface area contributed by atoms with Gasteiger partial charge in [-0.15, -0.1) is 0 Å². The van der Waals surface area contributed by atoms with Gasteiger partial charge in [0.05, 0.1) is 17.1 Å². The number of rotatable bonds is 7. The number of hydrogen-bond acceptors (Lipinski definition) is 7. The fraction of sp³-hybridized carbons (Fsp3) is 0.483. The van der Waals surface area contributed by atoms with Gasteiger partial charge in [-0.2, -0.15) is 10.4 Å². The number of benzene rings is 1. The molecule has 11 heteroatoms. The molecule has 3 aromatic rings. The van der Waals surface area contributed by atoms with Crippen LogP contribution in [0.4, 0.5) is 16.5 Å². The van der Waals surface area contributed by atoms with Crippen molar-refractivity contribution in [1.29, 1.82) is 5.26 Å². The number of amides is 2. The lowest BCUT2D eigenvalue weighted by molar-refractivity contribution is -0.115. The number of anilines is 2. The Balaban J connectivity index is 1.50. The molecule has 0 radical (unpaired) electrons. The first-order chi connectivity index (χ1) is 18.7. The zero-order chi connectivity index (χ0) is 29.4. The molecule has 0 atom stereocenters. The molecule has 2 heterocycles. The summed E-state index contributed by atoms with van der Waals surface area (Å²) >= 11 is 6.62. The van der Waals surface area contributed by atoms with Crippen molar-refractivity contribution in [3.63, 3.8) is 0 Å². The third kappa shape index (κ3) is 6.65. The number of carbonyl (C=O) groups is 2. The molecule has 10 nitrogen and oxygen atoms in total. The van der Waals surface area contributed by atoms with Crippen LogP contribution in [0, 0.1) is 16.7 Å². The second-order valence-corrected chi connectivity index (χ2v) is 12.7. The normalized spacial score (nSPS) is 14.9. The highest BCUT2D eigenvalue weighted by Crippen LogP contribution is 2.50. The minimum atomic E-state index is -0.711. The summed E-state index contributed by atoms with van der Waals surface area (Å²) in [6, 6.07) is 8.87. The molecule has 0 unspecified atom stereocenters. The molecule has 2 aromatic heterocycles. The molecule has 1 aromatic carbocycles. The van der Waals surface area contributed by atoms with Crippen LogP contribution in [0.2, 0.25) is 5.02 Å². The molecule has 0 spiro atoms. The average Bonchev–Trinajstić information content (AvgIpc) is 3.40. The van der Waals surface area contributed by atoms with E-state index < -0.39 is 11.7 Å². The minimum absolute atomic E-state index is 0.0590. The Morgan fingerprint density at radius 3 is 2.52 bits per heavy atom. The van der Waals surface area contributed by atoms with Crippen molar-refractivity contribution in [3.8, 4) is 17.3 Å². The molecule has 1 aliphatic rings. The smallest absolute Gasteiger partial charge is 0.413 e. The third-order valence-corrected chi connectivity index (χ3v) is 6.90. The molecule has 0 saturated heterocycles. The van der Waals surface area contributed by atoms with E-state index in [1.54, 1.807) is 49.7 Å². The van der Waals surface area contributed by atoms with Gasteiger partial charge in [0, 0.05) is 23.6 Å². The summed E-state index contributed by atoms with van der Waals surface area (Å²) in [5.41, 5.74) is 2.10. The highest BCUT2D eigenvalue weighted by molar-refractivity contribution is 6.33.